The number of anilines is 1. The SMILES string of the molecule is COc1ccc(CCN2CCN(C(=O)Nc3ccccc3)CC2)cc1OC. The number of nitrogens with one attached hydrogen (secondary N) is 1. The monoisotopic (exact) mass is 369 g/mol. The smallest absolute Gasteiger partial charge is 0.321 e. The highest BCUT2D eigenvalue weighted by Gasteiger charge is 2.21. The van der Waals surface area contributed by atoms with Gasteiger partial charge in [-0.3, -0.25) is 4.90 Å². The van der Waals surface area contributed by atoms with Gasteiger partial charge in [-0.05, 0) is 36.2 Å². The van der Waals surface area contributed by atoms with Crippen LogP contribution in [0.15, 0.2) is 48.5 Å². The number of hydrogen-bond donors (Lipinski definition) is 1. The number of methoxy groups -OCH3 is 2. The van der Waals surface area contributed by atoms with Crippen LogP contribution >= 0.6 is 0 Å². The molecule has 1 N–H and O–H groups in total. The first kappa shape index (κ1) is 19.0. The van der Waals surface area contributed by atoms with Gasteiger partial charge in [-0.15, -0.1) is 0 Å². The Morgan fingerprint density at radius 1 is 0.963 bits per heavy atom. The van der Waals surface area contributed by atoms with Crippen molar-refractivity contribution in [2.75, 3.05) is 52.3 Å². The fourth-order valence-corrected chi connectivity index (χ4v) is 3.22. The molecule has 1 saturated heterocycles. The van der Waals surface area contributed by atoms with Crippen LogP contribution < -0.4 is 14.8 Å². The van der Waals surface area contributed by atoms with Crippen LogP contribution in [-0.2, 0) is 6.42 Å². The Kier molecular flexibility index (Phi) is 6.54. The van der Waals surface area contributed by atoms with Gasteiger partial charge in [0.25, 0.3) is 0 Å². The summed E-state index contributed by atoms with van der Waals surface area (Å²) in [6, 6.07) is 15.6. The van der Waals surface area contributed by atoms with E-state index in [1.807, 2.05) is 47.4 Å². The first-order valence-electron chi connectivity index (χ1n) is 9.24. The van der Waals surface area contributed by atoms with Gasteiger partial charge in [0.2, 0.25) is 0 Å². The number of amides is 2. The Balaban J connectivity index is 1.45. The average molecular weight is 369 g/mol. The third-order valence-corrected chi connectivity index (χ3v) is 4.85. The molecule has 144 valence electrons. The van der Waals surface area contributed by atoms with E-state index in [1.165, 1.54) is 5.56 Å². The summed E-state index contributed by atoms with van der Waals surface area (Å²) in [7, 11) is 3.30. The van der Waals surface area contributed by atoms with Gasteiger partial charge in [-0.1, -0.05) is 24.3 Å². The van der Waals surface area contributed by atoms with E-state index in [0.717, 1.165) is 56.3 Å². The van der Waals surface area contributed by atoms with Crippen LogP contribution in [0, 0.1) is 0 Å². The van der Waals surface area contributed by atoms with E-state index in [4.69, 9.17) is 9.47 Å². The number of para-hydroxylation sites is 1. The van der Waals surface area contributed by atoms with E-state index in [0.29, 0.717) is 0 Å². The average Bonchev–Trinajstić information content (AvgIpc) is 2.73. The number of benzene rings is 2. The molecule has 0 radical (unpaired) electrons. The lowest BCUT2D eigenvalue weighted by atomic mass is 10.1. The second kappa shape index (κ2) is 9.28. The fraction of sp³-hybridized carbons (Fsp3) is 0.381. The molecule has 1 aliphatic rings. The van der Waals surface area contributed by atoms with Crippen molar-refractivity contribution in [3.05, 3.63) is 54.1 Å². The molecule has 0 aromatic heterocycles. The van der Waals surface area contributed by atoms with Crippen molar-refractivity contribution in [2.45, 2.75) is 6.42 Å². The van der Waals surface area contributed by atoms with Crippen molar-refractivity contribution < 1.29 is 14.3 Å². The third kappa shape index (κ3) is 5.14. The molecule has 0 saturated carbocycles. The predicted octanol–water partition coefficient (Wildman–Crippen LogP) is 3.10. The zero-order valence-electron chi connectivity index (χ0n) is 16.0. The van der Waals surface area contributed by atoms with Crippen molar-refractivity contribution in [1.82, 2.24) is 9.80 Å². The molecular weight excluding hydrogens is 342 g/mol. The van der Waals surface area contributed by atoms with Crippen LogP contribution in [0.1, 0.15) is 5.56 Å². The number of ether oxygens (including phenoxy) is 2. The van der Waals surface area contributed by atoms with Gasteiger partial charge >= 0.3 is 6.03 Å². The summed E-state index contributed by atoms with van der Waals surface area (Å²) in [5, 5.41) is 2.95. The minimum absolute atomic E-state index is 0.0271. The molecule has 2 aromatic carbocycles. The zero-order valence-corrected chi connectivity index (χ0v) is 16.0. The molecule has 0 aliphatic carbocycles. The molecule has 6 heteroatoms. The van der Waals surface area contributed by atoms with E-state index in [9.17, 15) is 4.79 Å². The molecule has 0 atom stereocenters. The van der Waals surface area contributed by atoms with E-state index in [2.05, 4.69) is 16.3 Å². The Hall–Kier alpha value is -2.73. The highest BCUT2D eigenvalue weighted by molar-refractivity contribution is 5.89. The molecule has 27 heavy (non-hydrogen) atoms. The molecule has 2 amide bonds. The maximum absolute atomic E-state index is 12.4. The molecule has 0 spiro atoms. The van der Waals surface area contributed by atoms with Crippen LogP contribution in [0.3, 0.4) is 0 Å². The summed E-state index contributed by atoms with van der Waals surface area (Å²) in [5.74, 6) is 1.51. The summed E-state index contributed by atoms with van der Waals surface area (Å²) >= 11 is 0. The molecule has 0 bridgehead atoms. The number of hydrogen-bond acceptors (Lipinski definition) is 4. The summed E-state index contributed by atoms with van der Waals surface area (Å²) < 4.78 is 10.7. The van der Waals surface area contributed by atoms with Crippen LogP contribution in [-0.4, -0.2) is 62.8 Å². The molecule has 3 rings (SSSR count). The lowest BCUT2D eigenvalue weighted by Gasteiger charge is -2.34. The topological polar surface area (TPSA) is 54.0 Å². The maximum atomic E-state index is 12.4. The van der Waals surface area contributed by atoms with Gasteiger partial charge in [-0.2, -0.15) is 0 Å². The molecule has 6 nitrogen and oxygen atoms in total. The first-order chi connectivity index (χ1) is 13.2. The van der Waals surface area contributed by atoms with E-state index in [-0.39, 0.29) is 6.03 Å². The van der Waals surface area contributed by atoms with Crippen LogP contribution in [0.5, 0.6) is 11.5 Å². The molecule has 1 fully saturated rings. The quantitative estimate of drug-likeness (QED) is 0.850. The normalized spacial score (nSPS) is 14.7. The number of rotatable bonds is 6. The van der Waals surface area contributed by atoms with Gasteiger partial charge < -0.3 is 19.7 Å². The summed E-state index contributed by atoms with van der Waals surface area (Å²) in [6.45, 7) is 4.21. The maximum Gasteiger partial charge on any atom is 0.321 e. The van der Waals surface area contributed by atoms with Crippen molar-refractivity contribution in [2.24, 2.45) is 0 Å². The molecule has 1 heterocycles. The largest absolute Gasteiger partial charge is 0.493 e. The van der Waals surface area contributed by atoms with Gasteiger partial charge in [0.15, 0.2) is 11.5 Å². The summed E-state index contributed by atoms with van der Waals surface area (Å²) in [5.41, 5.74) is 2.05. The third-order valence-electron chi connectivity index (χ3n) is 4.85. The second-order valence-electron chi connectivity index (χ2n) is 6.56. The van der Waals surface area contributed by atoms with E-state index >= 15 is 0 Å². The van der Waals surface area contributed by atoms with Crippen molar-refractivity contribution >= 4 is 11.7 Å². The Morgan fingerprint density at radius 3 is 2.33 bits per heavy atom. The zero-order chi connectivity index (χ0) is 19.1. The van der Waals surface area contributed by atoms with Crippen LogP contribution in [0.25, 0.3) is 0 Å². The van der Waals surface area contributed by atoms with E-state index in [1.54, 1.807) is 14.2 Å². The molecule has 1 aliphatic heterocycles. The van der Waals surface area contributed by atoms with Crippen molar-refractivity contribution in [3.8, 4) is 11.5 Å². The minimum atomic E-state index is -0.0271. The Morgan fingerprint density at radius 2 is 1.67 bits per heavy atom. The van der Waals surface area contributed by atoms with Crippen molar-refractivity contribution in [3.63, 3.8) is 0 Å². The summed E-state index contributed by atoms with van der Waals surface area (Å²) in [6.07, 6.45) is 0.941. The van der Waals surface area contributed by atoms with Crippen molar-refractivity contribution in [1.29, 1.82) is 0 Å². The fourth-order valence-electron chi connectivity index (χ4n) is 3.22. The summed E-state index contributed by atoms with van der Waals surface area (Å²) in [4.78, 5) is 16.6. The molecular formula is C21H27N3O3. The van der Waals surface area contributed by atoms with Crippen LogP contribution in [0.4, 0.5) is 10.5 Å². The Bertz CT molecular complexity index is 744. The molecule has 0 unspecified atom stereocenters. The predicted molar refractivity (Wildman–Crippen MR) is 107 cm³/mol. The lowest BCUT2D eigenvalue weighted by molar-refractivity contribution is 0.148. The first-order valence-corrected chi connectivity index (χ1v) is 9.24. The van der Waals surface area contributed by atoms with Crippen LogP contribution in [0.2, 0.25) is 0 Å². The highest BCUT2D eigenvalue weighted by atomic mass is 16.5. The Labute approximate surface area is 160 Å². The highest BCUT2D eigenvalue weighted by Crippen LogP contribution is 2.27. The number of carbonyl (C=O) groups is 1. The number of urea groups is 1. The standard InChI is InChI=1S/C21H27N3O3/c1-26-19-9-8-17(16-20(19)27-2)10-11-23-12-14-24(15-13-23)21(25)22-18-6-4-3-5-7-18/h3-9,16H,10-15H2,1-2H3,(H,22,25). The van der Waals surface area contributed by atoms with Gasteiger partial charge in [0.05, 0.1) is 14.2 Å². The second-order valence-corrected chi connectivity index (χ2v) is 6.56. The van der Waals surface area contributed by atoms with Gasteiger partial charge in [0.1, 0.15) is 0 Å². The molecule has 2 aromatic rings. The lowest BCUT2D eigenvalue weighted by Crippen LogP contribution is -2.50. The van der Waals surface area contributed by atoms with E-state index < -0.39 is 0 Å². The van der Waals surface area contributed by atoms with Gasteiger partial charge in [0, 0.05) is 38.4 Å². The number of carbonyl (C=O) groups excluding carboxylic acids is 1. The number of nitrogens with zero attached hydrogens (tertiary/aromatic N) is 2. The minimum Gasteiger partial charge on any atom is -0.493 e. The van der Waals surface area contributed by atoms with Gasteiger partial charge in [-0.25, -0.2) is 4.79 Å². The number of piperazine rings is 1.